The predicted octanol–water partition coefficient (Wildman–Crippen LogP) is 5.94. The van der Waals surface area contributed by atoms with Gasteiger partial charge in [-0.25, -0.2) is 4.57 Å². The van der Waals surface area contributed by atoms with Crippen molar-refractivity contribution in [3.63, 3.8) is 0 Å². The Labute approximate surface area is 205 Å². The molecule has 7 nitrogen and oxygen atoms in total. The van der Waals surface area contributed by atoms with Crippen molar-refractivity contribution in [3.8, 4) is 17.2 Å². The monoisotopic (exact) mass is 494 g/mol. The molecule has 0 bridgehead atoms. The summed E-state index contributed by atoms with van der Waals surface area (Å²) in [5.41, 5.74) is 2.18. The molecule has 8 heteroatoms. The molecule has 0 spiro atoms. The maximum Gasteiger partial charge on any atom is 0.376 e. The number of rotatable bonds is 13. The molecular weight excluding hydrogens is 451 g/mol. The van der Waals surface area contributed by atoms with Crippen molar-refractivity contribution >= 4 is 19.0 Å². The normalized spacial score (nSPS) is 14.1. The molecule has 0 saturated carbocycles. The van der Waals surface area contributed by atoms with Gasteiger partial charge in [-0.3, -0.25) is 13.5 Å². The molecule has 0 fully saturated rings. The number of hydrogen-bond acceptors (Lipinski definition) is 5. The molecule has 190 valence electrons. The number of benzene rings is 2. The maximum absolute atomic E-state index is 12.7. The fourth-order valence-corrected chi connectivity index (χ4v) is 4.55. The molecule has 1 atom stereocenters. The summed E-state index contributed by atoms with van der Waals surface area (Å²) in [4.78, 5) is 0. The van der Waals surface area contributed by atoms with E-state index in [1.807, 2.05) is 38.1 Å². The Morgan fingerprint density at radius 1 is 0.765 bits per heavy atom. The lowest BCUT2D eigenvalue weighted by Crippen LogP contribution is -2.34. The standard InChI is InChI=1S/C26H43N2O5P/c1-21(2)32-34(9,29)33-26-19-23(28(6,7)8)18-25(20-26)31-16-11-10-15-30-24-14-12-13-22(17-24)27(3,4)5/h12-14,17-21H,10-11,15-16H2,1-9H3/q+2. The van der Waals surface area contributed by atoms with Crippen LogP contribution >= 0.6 is 7.60 Å². The first kappa shape index (κ1) is 28.2. The second kappa shape index (κ2) is 11.6. The van der Waals surface area contributed by atoms with Crippen molar-refractivity contribution in [2.24, 2.45) is 0 Å². The van der Waals surface area contributed by atoms with Crippen LogP contribution in [0.2, 0.25) is 0 Å². The SMILES string of the molecule is CC(C)OP(C)(=O)Oc1cc(OCCCCOc2cccc([N+](C)(C)C)c2)cc([N+](C)(C)C)c1. The van der Waals surface area contributed by atoms with E-state index < -0.39 is 7.60 Å². The van der Waals surface area contributed by atoms with Gasteiger partial charge in [0.05, 0.1) is 61.6 Å². The summed E-state index contributed by atoms with van der Waals surface area (Å²) < 4.78 is 37.2. The summed E-state index contributed by atoms with van der Waals surface area (Å²) in [6.45, 7) is 6.33. The van der Waals surface area contributed by atoms with Crippen LogP contribution in [-0.4, -0.2) is 68.3 Å². The minimum Gasteiger partial charge on any atom is -0.493 e. The van der Waals surface area contributed by atoms with Crippen molar-refractivity contribution in [2.75, 3.05) is 62.2 Å². The van der Waals surface area contributed by atoms with E-state index in [9.17, 15) is 4.57 Å². The van der Waals surface area contributed by atoms with Gasteiger partial charge in [0.2, 0.25) is 0 Å². The Hall–Kier alpha value is -2.05. The number of hydrogen-bond donors (Lipinski definition) is 0. The Balaban J connectivity index is 1.93. The average molecular weight is 495 g/mol. The molecule has 0 aliphatic heterocycles. The molecule has 2 aromatic carbocycles. The molecule has 2 rings (SSSR count). The van der Waals surface area contributed by atoms with Gasteiger partial charge in [0.15, 0.2) is 0 Å². The van der Waals surface area contributed by atoms with Crippen LogP contribution in [0.5, 0.6) is 17.2 Å². The van der Waals surface area contributed by atoms with Crippen LogP contribution in [0.15, 0.2) is 42.5 Å². The van der Waals surface area contributed by atoms with Gasteiger partial charge in [-0.2, -0.15) is 0 Å². The quantitative estimate of drug-likeness (QED) is 0.196. The highest BCUT2D eigenvalue weighted by molar-refractivity contribution is 7.53. The molecule has 0 heterocycles. The van der Waals surface area contributed by atoms with Crippen LogP contribution in [0.4, 0.5) is 11.4 Å². The van der Waals surface area contributed by atoms with E-state index in [1.54, 1.807) is 6.07 Å². The molecule has 0 aliphatic rings. The van der Waals surface area contributed by atoms with Crippen LogP contribution in [0, 0.1) is 0 Å². The summed E-state index contributed by atoms with van der Waals surface area (Å²) >= 11 is 0. The van der Waals surface area contributed by atoms with Crippen molar-refractivity contribution in [3.05, 3.63) is 42.5 Å². The molecule has 0 amide bonds. The zero-order valence-corrected chi connectivity index (χ0v) is 23.2. The van der Waals surface area contributed by atoms with E-state index >= 15 is 0 Å². The summed E-state index contributed by atoms with van der Waals surface area (Å²) in [7, 11) is 9.36. The van der Waals surface area contributed by atoms with Gasteiger partial charge in [-0.1, -0.05) is 6.07 Å². The van der Waals surface area contributed by atoms with Crippen LogP contribution in [0.3, 0.4) is 0 Å². The largest absolute Gasteiger partial charge is 0.493 e. The first-order valence-corrected chi connectivity index (χ1v) is 13.7. The minimum absolute atomic E-state index is 0.189. The third-order valence-electron chi connectivity index (χ3n) is 4.98. The number of quaternary nitrogens is 2. The molecule has 1 unspecified atom stereocenters. The van der Waals surface area contributed by atoms with Crippen LogP contribution in [-0.2, 0) is 9.09 Å². The molecular formula is C26H43N2O5P+2. The van der Waals surface area contributed by atoms with E-state index in [-0.39, 0.29) is 6.10 Å². The third kappa shape index (κ3) is 9.67. The van der Waals surface area contributed by atoms with Crippen LogP contribution in [0.1, 0.15) is 26.7 Å². The Kier molecular flexibility index (Phi) is 9.61. The second-order valence-electron chi connectivity index (χ2n) is 10.6. The van der Waals surface area contributed by atoms with Crippen molar-refractivity contribution in [1.29, 1.82) is 0 Å². The zero-order valence-electron chi connectivity index (χ0n) is 22.3. The van der Waals surface area contributed by atoms with E-state index in [0.717, 1.165) is 28.8 Å². The molecule has 0 aromatic heterocycles. The van der Waals surface area contributed by atoms with Crippen LogP contribution in [0.25, 0.3) is 0 Å². The zero-order chi connectivity index (χ0) is 25.6. The molecule has 0 aliphatic carbocycles. The maximum atomic E-state index is 12.7. The Bertz CT molecular complexity index is 980. The number of nitrogens with zero attached hydrogens (tertiary/aromatic N) is 2. The number of ether oxygens (including phenoxy) is 2. The highest BCUT2D eigenvalue weighted by atomic mass is 31.2. The lowest BCUT2D eigenvalue weighted by atomic mass is 10.2. The second-order valence-corrected chi connectivity index (χ2v) is 12.5. The van der Waals surface area contributed by atoms with Crippen molar-refractivity contribution < 1.29 is 23.1 Å². The lowest BCUT2D eigenvalue weighted by molar-refractivity contribution is 0.212. The fraction of sp³-hybridized carbons (Fsp3) is 0.538. The van der Waals surface area contributed by atoms with Gasteiger partial charge in [-0.15, -0.1) is 0 Å². The van der Waals surface area contributed by atoms with Gasteiger partial charge in [0, 0.05) is 30.9 Å². The first-order chi connectivity index (χ1) is 15.7. The predicted molar refractivity (Wildman–Crippen MR) is 143 cm³/mol. The first-order valence-electron chi connectivity index (χ1n) is 11.8. The minimum atomic E-state index is -3.23. The van der Waals surface area contributed by atoms with Crippen molar-refractivity contribution in [1.82, 2.24) is 8.97 Å². The summed E-state index contributed by atoms with van der Waals surface area (Å²) in [5, 5.41) is 0. The van der Waals surface area contributed by atoms with Crippen molar-refractivity contribution in [2.45, 2.75) is 32.8 Å². The molecule has 0 N–H and O–H groups in total. The Morgan fingerprint density at radius 2 is 1.29 bits per heavy atom. The van der Waals surface area contributed by atoms with Gasteiger partial charge in [0.25, 0.3) is 0 Å². The molecule has 0 radical (unpaired) electrons. The van der Waals surface area contributed by atoms with Gasteiger partial charge < -0.3 is 14.0 Å². The smallest absolute Gasteiger partial charge is 0.376 e. The van der Waals surface area contributed by atoms with Crippen LogP contribution < -0.4 is 23.0 Å². The topological polar surface area (TPSA) is 54.0 Å². The summed E-state index contributed by atoms with van der Waals surface area (Å²) in [6.07, 6.45) is 1.53. The van der Waals surface area contributed by atoms with Gasteiger partial charge in [0.1, 0.15) is 28.6 Å². The van der Waals surface area contributed by atoms with E-state index in [4.69, 9.17) is 18.5 Å². The highest BCUT2D eigenvalue weighted by Gasteiger charge is 2.23. The summed E-state index contributed by atoms with van der Waals surface area (Å²) in [6, 6.07) is 13.8. The molecule has 2 aromatic rings. The fourth-order valence-electron chi connectivity index (χ4n) is 3.25. The average Bonchev–Trinajstić information content (AvgIpc) is 2.68. The van der Waals surface area contributed by atoms with E-state index in [2.05, 4.69) is 54.4 Å². The molecule has 0 saturated heterocycles. The third-order valence-corrected chi connectivity index (χ3v) is 6.33. The van der Waals surface area contributed by atoms with E-state index in [0.29, 0.717) is 29.2 Å². The number of unbranched alkanes of at least 4 members (excludes halogenated alkanes) is 1. The summed E-state index contributed by atoms with van der Waals surface area (Å²) in [5.74, 6) is 2.05. The van der Waals surface area contributed by atoms with E-state index in [1.165, 1.54) is 12.4 Å². The van der Waals surface area contributed by atoms with Gasteiger partial charge >= 0.3 is 7.60 Å². The lowest BCUT2D eigenvalue weighted by Gasteiger charge is -2.25. The highest BCUT2D eigenvalue weighted by Crippen LogP contribution is 2.47. The molecule has 34 heavy (non-hydrogen) atoms. The Morgan fingerprint density at radius 3 is 1.85 bits per heavy atom. The van der Waals surface area contributed by atoms with Gasteiger partial charge in [-0.05, 0) is 38.8 Å².